The third kappa shape index (κ3) is 16.1. The summed E-state index contributed by atoms with van der Waals surface area (Å²) >= 11 is 0. The molecule has 48 valence electrons. The first-order valence-electron chi connectivity index (χ1n) is 2.44. The molecule has 0 aromatic carbocycles. The van der Waals surface area contributed by atoms with Crippen molar-refractivity contribution in [2.45, 2.75) is 0 Å². The number of quaternary nitrogens is 1. The molecule has 0 spiro atoms. The molecule has 0 aromatic rings. The zero-order valence-corrected chi connectivity index (χ0v) is 10.2. The van der Waals surface area contributed by atoms with Gasteiger partial charge in [0.15, 0.2) is 6.54 Å². The molecule has 0 atom stereocenters. The summed E-state index contributed by atoms with van der Waals surface area (Å²) in [5, 5.41) is 8.23. The van der Waals surface area contributed by atoms with Crippen molar-refractivity contribution in [1.82, 2.24) is 0 Å². The Labute approximate surface area is 102 Å². The van der Waals surface area contributed by atoms with Crippen molar-refractivity contribution >= 4 is 61.1 Å². The van der Waals surface area contributed by atoms with Crippen LogP contribution >= 0.6 is 0 Å². The number of aliphatic carboxylic acids is 1. The molecule has 1 N–H and O–H groups in total. The molecule has 0 saturated heterocycles. The van der Waals surface area contributed by atoms with Crippen molar-refractivity contribution in [3.05, 3.63) is 0 Å². The predicted molar refractivity (Wildman–Crippen MR) is 42.0 cm³/mol. The van der Waals surface area contributed by atoms with E-state index in [2.05, 4.69) is 0 Å². The van der Waals surface area contributed by atoms with Gasteiger partial charge in [-0.2, -0.15) is 0 Å². The molecule has 0 aromatic heterocycles. The Hall–Kier alpha value is 1.22. The first-order valence-corrected chi connectivity index (χ1v) is 2.44. The average Bonchev–Trinajstić information content (AvgIpc) is 1.21. The van der Waals surface area contributed by atoms with E-state index in [9.17, 15) is 4.79 Å². The minimum Gasteiger partial charge on any atom is -0.477 e. The number of likely N-dealkylation sites (N-methyl/N-ethyl adjacent to an activating group) is 1. The van der Waals surface area contributed by atoms with Gasteiger partial charge in [0.25, 0.3) is 0 Å². The molecule has 0 heterocycles. The summed E-state index contributed by atoms with van der Waals surface area (Å²) in [6.07, 6.45) is 0. The van der Waals surface area contributed by atoms with Gasteiger partial charge < -0.3 is 9.59 Å². The molecule has 0 bridgehead atoms. The van der Waals surface area contributed by atoms with Crippen LogP contribution in [-0.4, -0.2) is 98.3 Å². The number of hydrogen-bond acceptors (Lipinski definition) is 1. The van der Waals surface area contributed by atoms with Crippen molar-refractivity contribution in [2.75, 3.05) is 27.7 Å². The van der Waals surface area contributed by atoms with Crippen LogP contribution in [0.15, 0.2) is 0 Å². The molecule has 0 aliphatic heterocycles. The van der Waals surface area contributed by atoms with E-state index >= 15 is 0 Å². The van der Waals surface area contributed by atoms with Crippen LogP contribution in [0.5, 0.6) is 0 Å². The van der Waals surface area contributed by atoms with E-state index < -0.39 is 5.97 Å². The summed E-state index contributed by atoms with van der Waals surface area (Å²) in [4.78, 5) is 10.00. The SMILES string of the molecule is C[N+](C)(C)CC(=O)O.[Al+3].[Ca+2]. The molecule has 0 amide bonds. The van der Waals surface area contributed by atoms with Gasteiger partial charge in [-0.25, -0.2) is 4.79 Å². The molecular weight excluding hydrogens is 173 g/mol. The second-order valence-electron chi connectivity index (χ2n) is 2.84. The number of carboxylic acids is 1. The number of hydrogen-bond donors (Lipinski definition) is 1. The maximum absolute atomic E-state index is 10.00. The zero-order chi connectivity index (χ0) is 6.78. The van der Waals surface area contributed by atoms with E-state index in [0.29, 0.717) is 4.48 Å². The smallest absolute Gasteiger partial charge is 0.477 e. The second kappa shape index (κ2) is 6.90. The Balaban J connectivity index is -0.000000245. The Morgan fingerprint density at radius 1 is 1.40 bits per heavy atom. The van der Waals surface area contributed by atoms with Crippen molar-refractivity contribution in [2.24, 2.45) is 0 Å². The minimum absolute atomic E-state index is 0. The zero-order valence-electron chi connectivity index (χ0n) is 6.79. The monoisotopic (exact) mass is 185 g/mol. The van der Waals surface area contributed by atoms with Gasteiger partial charge in [-0.15, -0.1) is 0 Å². The Bertz CT molecular complexity index is 102. The second-order valence-corrected chi connectivity index (χ2v) is 2.84. The largest absolute Gasteiger partial charge is 3.00 e. The minimum atomic E-state index is -0.752. The van der Waals surface area contributed by atoms with Crippen LogP contribution in [-0.2, 0) is 4.79 Å². The summed E-state index contributed by atoms with van der Waals surface area (Å²) in [7, 11) is 5.52. The molecule has 0 fully saturated rings. The van der Waals surface area contributed by atoms with Gasteiger partial charge in [0.05, 0.1) is 21.1 Å². The molecular formula is C5H12AlCaNO2+6. The van der Waals surface area contributed by atoms with Gasteiger partial charge in [0, 0.05) is 0 Å². The summed E-state index contributed by atoms with van der Waals surface area (Å²) in [6.45, 7) is 0.181. The van der Waals surface area contributed by atoms with Gasteiger partial charge in [0.2, 0.25) is 0 Å². The van der Waals surface area contributed by atoms with Crippen LogP contribution in [0.1, 0.15) is 0 Å². The van der Waals surface area contributed by atoms with Gasteiger partial charge in [-0.3, -0.25) is 0 Å². The van der Waals surface area contributed by atoms with Gasteiger partial charge in [0.1, 0.15) is 0 Å². The quantitative estimate of drug-likeness (QED) is 0.443. The molecule has 0 aliphatic rings. The van der Waals surface area contributed by atoms with E-state index in [0.717, 1.165) is 0 Å². The first-order chi connectivity index (χ1) is 3.42. The van der Waals surface area contributed by atoms with Crippen molar-refractivity contribution in [1.29, 1.82) is 0 Å². The standard InChI is InChI=1S/C5H11NO2.Al.Ca/c1-6(2,3)4-5(7)8;;/h4H2,1-3H3;;/q;+3;+2/p+1. The van der Waals surface area contributed by atoms with Crippen LogP contribution < -0.4 is 0 Å². The van der Waals surface area contributed by atoms with E-state index in [1.54, 1.807) is 0 Å². The fraction of sp³-hybridized carbons (Fsp3) is 0.800. The summed E-state index contributed by atoms with van der Waals surface area (Å²) in [5.41, 5.74) is 0. The summed E-state index contributed by atoms with van der Waals surface area (Å²) in [5.74, 6) is -0.752. The average molecular weight is 185 g/mol. The third-order valence-corrected chi connectivity index (χ3v) is 0.610. The molecule has 0 rings (SSSR count). The van der Waals surface area contributed by atoms with Crippen LogP contribution in [0, 0.1) is 0 Å². The first kappa shape index (κ1) is 17.3. The van der Waals surface area contributed by atoms with Crippen LogP contribution in [0.25, 0.3) is 0 Å². The molecule has 0 saturated carbocycles. The Morgan fingerprint density at radius 3 is 1.70 bits per heavy atom. The molecule has 0 unspecified atom stereocenters. The fourth-order valence-corrected chi connectivity index (χ4v) is 0.406. The van der Waals surface area contributed by atoms with E-state index in [1.807, 2.05) is 21.1 Å². The Kier molecular flexibility index (Phi) is 12.0. The predicted octanol–water partition coefficient (Wildman–Crippen LogP) is -0.984. The number of rotatable bonds is 2. The number of carbonyl (C=O) groups is 1. The maximum atomic E-state index is 10.00. The number of carboxylic acid groups (broad SMARTS) is 1. The van der Waals surface area contributed by atoms with Crippen molar-refractivity contribution in [3.63, 3.8) is 0 Å². The van der Waals surface area contributed by atoms with E-state index in [4.69, 9.17) is 5.11 Å². The molecule has 3 nitrogen and oxygen atoms in total. The Morgan fingerprint density at radius 2 is 1.70 bits per heavy atom. The summed E-state index contributed by atoms with van der Waals surface area (Å²) in [6, 6.07) is 0. The molecule has 10 heavy (non-hydrogen) atoms. The third-order valence-electron chi connectivity index (χ3n) is 0.610. The summed E-state index contributed by atoms with van der Waals surface area (Å²) < 4.78 is 0.481. The van der Waals surface area contributed by atoms with Gasteiger partial charge in [-0.1, -0.05) is 0 Å². The molecule has 5 heteroatoms. The number of nitrogens with zero attached hydrogens (tertiary/aromatic N) is 1. The van der Waals surface area contributed by atoms with Crippen LogP contribution in [0.4, 0.5) is 0 Å². The van der Waals surface area contributed by atoms with E-state index in [1.165, 1.54) is 0 Å². The fourth-order valence-electron chi connectivity index (χ4n) is 0.406. The van der Waals surface area contributed by atoms with Crippen LogP contribution in [0.3, 0.4) is 0 Å². The maximum Gasteiger partial charge on any atom is 3.00 e. The molecule has 0 aliphatic carbocycles. The van der Waals surface area contributed by atoms with E-state index in [-0.39, 0.29) is 61.6 Å². The van der Waals surface area contributed by atoms with Crippen LogP contribution in [0.2, 0.25) is 0 Å². The van der Waals surface area contributed by atoms with Gasteiger partial charge >= 0.3 is 61.1 Å². The normalized spacial score (nSPS) is 9.10. The van der Waals surface area contributed by atoms with Crippen molar-refractivity contribution < 1.29 is 14.4 Å². The van der Waals surface area contributed by atoms with Gasteiger partial charge in [-0.05, 0) is 0 Å². The molecule has 0 radical (unpaired) electrons. The topological polar surface area (TPSA) is 37.3 Å². The van der Waals surface area contributed by atoms with Crippen molar-refractivity contribution in [3.8, 4) is 0 Å².